The molecule has 0 saturated carbocycles. The normalized spacial score (nSPS) is 16.3. The summed E-state index contributed by atoms with van der Waals surface area (Å²) in [5.41, 5.74) is 7.86. The van der Waals surface area contributed by atoms with Crippen LogP contribution in [0, 0.1) is 18.3 Å². The Labute approximate surface area is 337 Å². The SMILES string of the molecule is Cc1ccc2cccc(OCc3c(Cl)ccc(S(=O)(=O)N4CCC[C@H]4C(=O)NCC4CCN(C(=O)COc5ccc(C(=N)N)cc5)CC4)c3Cl)c2n1.Cl.Cl. The van der Waals surface area contributed by atoms with Crippen LogP contribution in [0.15, 0.2) is 71.6 Å². The van der Waals surface area contributed by atoms with Crippen LogP contribution in [-0.4, -0.2) is 79.1 Å². The van der Waals surface area contributed by atoms with E-state index in [0.717, 1.165) is 11.1 Å². The molecule has 2 amide bonds. The standard InChI is InChI=1S/C37H40Cl2N6O6S.2ClH/c1-23-7-8-25-4-2-6-31(35(25)43-23)51-21-28-29(38)13-14-32(34(28)39)52(48,49)45-17-3-5-30(45)37(47)42-20-24-15-18-44(19-16-24)33(46)22-50-27-11-9-26(10-12-27)36(40)41;;/h2,4,6-14,24,30H,3,5,15-22H2,1H3,(H3,40,41)(H,42,47);2*1H/t30-;;/m0../s1. The Morgan fingerprint density at radius 1 is 0.963 bits per heavy atom. The number of hydrogen-bond donors (Lipinski definition) is 3. The summed E-state index contributed by atoms with van der Waals surface area (Å²) in [4.78, 5) is 32.4. The molecule has 54 heavy (non-hydrogen) atoms. The van der Waals surface area contributed by atoms with E-state index in [9.17, 15) is 18.0 Å². The number of piperidine rings is 1. The molecule has 6 rings (SSSR count). The molecule has 2 aliphatic heterocycles. The average molecular weight is 841 g/mol. The number of likely N-dealkylation sites (tertiary alicyclic amines) is 1. The zero-order valence-electron chi connectivity index (χ0n) is 29.4. The van der Waals surface area contributed by atoms with Gasteiger partial charge in [-0.1, -0.05) is 41.4 Å². The van der Waals surface area contributed by atoms with E-state index in [-0.39, 0.29) is 83.1 Å². The molecule has 0 bridgehead atoms. The van der Waals surface area contributed by atoms with Crippen LogP contribution in [0.25, 0.3) is 10.9 Å². The van der Waals surface area contributed by atoms with Crippen LogP contribution in [-0.2, 0) is 26.2 Å². The summed E-state index contributed by atoms with van der Waals surface area (Å²) < 4.78 is 41.0. The summed E-state index contributed by atoms with van der Waals surface area (Å²) in [6.07, 6.45) is 2.27. The van der Waals surface area contributed by atoms with Crippen LogP contribution in [0.4, 0.5) is 0 Å². The van der Waals surface area contributed by atoms with Crippen molar-refractivity contribution in [1.29, 1.82) is 5.41 Å². The minimum atomic E-state index is -4.17. The van der Waals surface area contributed by atoms with Crippen molar-refractivity contribution in [1.82, 2.24) is 19.5 Å². The number of sulfonamides is 1. The van der Waals surface area contributed by atoms with Gasteiger partial charge >= 0.3 is 0 Å². The van der Waals surface area contributed by atoms with Gasteiger partial charge in [0.1, 0.15) is 40.4 Å². The van der Waals surface area contributed by atoms with Crippen LogP contribution in [0.2, 0.25) is 10.0 Å². The molecule has 1 atom stereocenters. The largest absolute Gasteiger partial charge is 0.487 e. The lowest BCUT2D eigenvalue weighted by molar-refractivity contribution is -0.135. The van der Waals surface area contributed by atoms with Crippen LogP contribution in [0.1, 0.15) is 42.5 Å². The van der Waals surface area contributed by atoms with Crippen LogP contribution < -0.4 is 20.5 Å². The molecular formula is C37H42Cl4N6O6S. The summed E-state index contributed by atoms with van der Waals surface area (Å²) in [6, 6.07) is 18.0. The van der Waals surface area contributed by atoms with Gasteiger partial charge in [0, 0.05) is 53.4 Å². The number of nitrogens with one attached hydrogen (secondary N) is 2. The van der Waals surface area contributed by atoms with E-state index in [1.807, 2.05) is 31.2 Å². The van der Waals surface area contributed by atoms with Gasteiger partial charge in [-0.15, -0.1) is 24.8 Å². The fourth-order valence-electron chi connectivity index (χ4n) is 6.52. The number of benzene rings is 3. The zero-order chi connectivity index (χ0) is 37.0. The number of amides is 2. The summed E-state index contributed by atoms with van der Waals surface area (Å²) in [7, 11) is -4.17. The number of fused-ring (bicyclic) bond motifs is 1. The molecule has 2 fully saturated rings. The number of halogens is 4. The van der Waals surface area contributed by atoms with E-state index in [1.165, 1.54) is 16.4 Å². The van der Waals surface area contributed by atoms with Crippen molar-refractivity contribution in [3.05, 3.63) is 93.6 Å². The highest BCUT2D eigenvalue weighted by Gasteiger charge is 2.41. The molecule has 1 aromatic heterocycles. The van der Waals surface area contributed by atoms with E-state index in [0.29, 0.717) is 73.5 Å². The Morgan fingerprint density at radius 2 is 1.69 bits per heavy atom. The summed E-state index contributed by atoms with van der Waals surface area (Å²) >= 11 is 13.3. The molecule has 0 spiro atoms. The molecule has 0 aliphatic carbocycles. The van der Waals surface area contributed by atoms with Gasteiger partial charge in [0.05, 0.1) is 5.02 Å². The molecule has 0 radical (unpaired) electrons. The lowest BCUT2D eigenvalue weighted by Crippen LogP contribution is -2.48. The number of nitrogens with zero attached hydrogens (tertiary/aromatic N) is 3. The van der Waals surface area contributed by atoms with Crippen molar-refractivity contribution in [3.8, 4) is 11.5 Å². The Balaban J connectivity index is 0.00000325. The van der Waals surface area contributed by atoms with Crippen molar-refractivity contribution >= 4 is 86.6 Å². The third-order valence-electron chi connectivity index (χ3n) is 9.50. The Morgan fingerprint density at radius 3 is 2.39 bits per heavy atom. The highest BCUT2D eigenvalue weighted by Crippen LogP contribution is 2.36. The first-order valence-electron chi connectivity index (χ1n) is 17.0. The number of para-hydroxylation sites is 1. The number of rotatable bonds is 12. The van der Waals surface area contributed by atoms with Gasteiger partial charge < -0.3 is 25.4 Å². The number of carbonyl (C=O) groups excluding carboxylic acids is 2. The number of pyridine rings is 1. The number of aromatic nitrogens is 1. The van der Waals surface area contributed by atoms with Gasteiger partial charge in [-0.2, -0.15) is 4.31 Å². The van der Waals surface area contributed by atoms with Crippen molar-refractivity contribution in [2.75, 3.05) is 32.8 Å². The second kappa shape index (κ2) is 18.7. The highest BCUT2D eigenvalue weighted by molar-refractivity contribution is 7.89. The van der Waals surface area contributed by atoms with Gasteiger partial charge in [0.2, 0.25) is 15.9 Å². The fraction of sp³-hybridized carbons (Fsp3) is 0.351. The number of hydrogen-bond acceptors (Lipinski definition) is 8. The second-order valence-electron chi connectivity index (χ2n) is 13.0. The summed E-state index contributed by atoms with van der Waals surface area (Å²) in [6.45, 7) is 3.28. The Kier molecular flexibility index (Phi) is 14.8. The molecule has 17 heteroatoms. The molecule has 4 aromatic rings. The Hall–Kier alpha value is -3.85. The van der Waals surface area contributed by atoms with E-state index in [2.05, 4.69) is 10.3 Å². The van der Waals surface area contributed by atoms with Crippen LogP contribution in [0.5, 0.6) is 11.5 Å². The van der Waals surface area contributed by atoms with Crippen LogP contribution in [0.3, 0.4) is 0 Å². The first-order valence-corrected chi connectivity index (χ1v) is 19.2. The van der Waals surface area contributed by atoms with Crippen molar-refractivity contribution in [2.45, 2.75) is 50.2 Å². The number of nitrogen functional groups attached to an aromatic ring is 1. The fourth-order valence-corrected chi connectivity index (χ4v) is 9.04. The maximum atomic E-state index is 14.0. The molecule has 2 saturated heterocycles. The number of ether oxygens (including phenoxy) is 2. The highest BCUT2D eigenvalue weighted by atomic mass is 35.5. The third-order valence-corrected chi connectivity index (χ3v) is 12.3. The average Bonchev–Trinajstić information content (AvgIpc) is 3.65. The number of aryl methyl sites for hydroxylation is 1. The maximum Gasteiger partial charge on any atom is 0.260 e. The minimum absolute atomic E-state index is 0. The summed E-state index contributed by atoms with van der Waals surface area (Å²) in [5, 5.41) is 11.5. The number of carbonyl (C=O) groups is 2. The number of amidine groups is 1. The van der Waals surface area contributed by atoms with E-state index in [1.54, 1.807) is 35.2 Å². The Bertz CT molecular complexity index is 2100. The van der Waals surface area contributed by atoms with E-state index in [4.69, 9.17) is 43.8 Å². The molecule has 12 nitrogen and oxygen atoms in total. The van der Waals surface area contributed by atoms with E-state index >= 15 is 0 Å². The second-order valence-corrected chi connectivity index (χ2v) is 15.6. The first kappa shape index (κ1) is 42.9. The van der Waals surface area contributed by atoms with Crippen molar-refractivity contribution in [3.63, 3.8) is 0 Å². The predicted molar refractivity (Wildman–Crippen MR) is 214 cm³/mol. The molecule has 3 aromatic carbocycles. The first-order chi connectivity index (χ1) is 24.9. The topological polar surface area (TPSA) is 168 Å². The van der Waals surface area contributed by atoms with Gasteiger partial charge in [-0.25, -0.2) is 13.4 Å². The lowest BCUT2D eigenvalue weighted by atomic mass is 9.96. The lowest BCUT2D eigenvalue weighted by Gasteiger charge is -2.32. The predicted octanol–water partition coefficient (Wildman–Crippen LogP) is 6.14. The van der Waals surface area contributed by atoms with Gasteiger partial charge in [-0.3, -0.25) is 15.0 Å². The smallest absolute Gasteiger partial charge is 0.260 e. The third kappa shape index (κ3) is 9.68. The molecule has 2 aliphatic rings. The molecule has 290 valence electrons. The van der Waals surface area contributed by atoms with Gasteiger partial charge in [0.25, 0.3) is 5.91 Å². The van der Waals surface area contributed by atoms with Crippen molar-refractivity contribution < 1.29 is 27.5 Å². The molecule has 3 heterocycles. The van der Waals surface area contributed by atoms with Crippen molar-refractivity contribution in [2.24, 2.45) is 11.7 Å². The summed E-state index contributed by atoms with van der Waals surface area (Å²) in [5.74, 6) is 0.609. The maximum absolute atomic E-state index is 14.0. The van der Waals surface area contributed by atoms with Gasteiger partial charge in [0.15, 0.2) is 6.61 Å². The van der Waals surface area contributed by atoms with E-state index < -0.39 is 16.1 Å². The van der Waals surface area contributed by atoms with Crippen LogP contribution >= 0.6 is 48.0 Å². The quantitative estimate of drug-likeness (QED) is 0.113. The molecular weight excluding hydrogens is 798 g/mol. The molecule has 0 unspecified atom stereocenters. The monoisotopic (exact) mass is 838 g/mol. The zero-order valence-corrected chi connectivity index (χ0v) is 33.4. The minimum Gasteiger partial charge on any atom is -0.487 e. The molecule has 4 N–H and O–H groups in total. The number of nitrogens with two attached hydrogens (primary N) is 1. The van der Waals surface area contributed by atoms with Gasteiger partial charge in [-0.05, 0) is 87.1 Å².